The van der Waals surface area contributed by atoms with Gasteiger partial charge in [0.2, 0.25) is 0 Å². The van der Waals surface area contributed by atoms with E-state index in [9.17, 15) is 10.1 Å². The molecule has 2 aliphatic heterocycles. The van der Waals surface area contributed by atoms with Gasteiger partial charge in [-0.1, -0.05) is 0 Å². The minimum Gasteiger partial charge on any atom is -0.446 e. The van der Waals surface area contributed by atoms with Gasteiger partial charge >= 0.3 is 6.09 Å². The predicted molar refractivity (Wildman–Crippen MR) is 102 cm³/mol. The minimum absolute atomic E-state index is 0.0629. The zero-order valence-corrected chi connectivity index (χ0v) is 15.9. The van der Waals surface area contributed by atoms with Gasteiger partial charge in [0, 0.05) is 23.7 Å². The number of nitriles is 1. The first kappa shape index (κ1) is 17.9. The molecule has 0 aromatic carbocycles. The van der Waals surface area contributed by atoms with E-state index in [0.717, 1.165) is 37.8 Å². The van der Waals surface area contributed by atoms with E-state index < -0.39 is 0 Å². The summed E-state index contributed by atoms with van der Waals surface area (Å²) in [5.41, 5.74) is 2.20. The first-order valence-corrected chi connectivity index (χ1v) is 9.97. The molecule has 0 spiro atoms. The van der Waals surface area contributed by atoms with Gasteiger partial charge in [0.1, 0.15) is 11.9 Å². The van der Waals surface area contributed by atoms with Crippen LogP contribution in [0.4, 0.5) is 16.4 Å². The molecule has 0 saturated heterocycles. The van der Waals surface area contributed by atoms with E-state index in [4.69, 9.17) is 9.47 Å². The van der Waals surface area contributed by atoms with Gasteiger partial charge in [0.15, 0.2) is 5.82 Å². The van der Waals surface area contributed by atoms with E-state index in [2.05, 4.69) is 31.9 Å². The average molecular weight is 394 g/mol. The molecule has 8 bridgehead atoms. The van der Waals surface area contributed by atoms with Crippen molar-refractivity contribution in [1.29, 1.82) is 5.26 Å². The maximum Gasteiger partial charge on any atom is 0.407 e. The summed E-state index contributed by atoms with van der Waals surface area (Å²) >= 11 is 0. The van der Waals surface area contributed by atoms with Crippen molar-refractivity contribution in [1.82, 2.24) is 20.5 Å². The molecule has 6 rings (SSSR count). The SMILES string of the molecule is N#Cc1cc2nc(c1)Nc1cc([nH]n1)[C@H]1CC[C@H](C1)OC(=O)NC1CC(C1)OC2. The molecule has 0 radical (unpaired) electrons. The second kappa shape index (κ2) is 7.37. The molecule has 1 amide bonds. The molecule has 9 heteroatoms. The number of anilines is 2. The summed E-state index contributed by atoms with van der Waals surface area (Å²) in [4.78, 5) is 16.7. The van der Waals surface area contributed by atoms with Crippen LogP contribution in [0.25, 0.3) is 0 Å². The highest BCUT2D eigenvalue weighted by Gasteiger charge is 2.34. The Labute approximate surface area is 167 Å². The predicted octanol–water partition coefficient (Wildman–Crippen LogP) is 2.84. The van der Waals surface area contributed by atoms with E-state index in [0.29, 0.717) is 29.5 Å². The van der Waals surface area contributed by atoms with Crippen LogP contribution in [0, 0.1) is 11.3 Å². The fourth-order valence-electron chi connectivity index (χ4n) is 4.24. The number of hydrogen-bond donors (Lipinski definition) is 3. The van der Waals surface area contributed by atoms with Crippen molar-refractivity contribution in [2.45, 2.75) is 62.9 Å². The number of aromatic amines is 1. The van der Waals surface area contributed by atoms with Crippen LogP contribution in [0.3, 0.4) is 0 Å². The van der Waals surface area contributed by atoms with Gasteiger partial charge in [-0.2, -0.15) is 10.4 Å². The number of hydrogen-bond acceptors (Lipinski definition) is 7. The van der Waals surface area contributed by atoms with Gasteiger partial charge < -0.3 is 20.1 Å². The molecular formula is C20H22N6O3. The normalized spacial score (nSPS) is 28.6. The third kappa shape index (κ3) is 3.89. The lowest BCUT2D eigenvalue weighted by Crippen LogP contribution is -2.48. The number of nitrogens with one attached hydrogen (secondary N) is 3. The van der Waals surface area contributed by atoms with Crippen LogP contribution in [0.5, 0.6) is 0 Å². The van der Waals surface area contributed by atoms with E-state index in [-0.39, 0.29) is 30.3 Å². The molecule has 4 heterocycles. The third-order valence-electron chi connectivity index (χ3n) is 5.84. The molecule has 150 valence electrons. The van der Waals surface area contributed by atoms with Crippen molar-refractivity contribution in [3.63, 3.8) is 0 Å². The molecule has 2 fully saturated rings. The second-order valence-corrected chi connectivity index (χ2v) is 7.96. The summed E-state index contributed by atoms with van der Waals surface area (Å²) in [6.07, 6.45) is 3.68. The fourth-order valence-corrected chi connectivity index (χ4v) is 4.24. The van der Waals surface area contributed by atoms with Gasteiger partial charge in [-0.15, -0.1) is 0 Å². The first-order valence-electron chi connectivity index (χ1n) is 9.97. The number of nitrogens with zero attached hydrogens (tertiary/aromatic N) is 3. The average Bonchev–Trinajstić information content (AvgIpc) is 3.32. The maximum atomic E-state index is 12.2. The highest BCUT2D eigenvalue weighted by atomic mass is 16.6. The van der Waals surface area contributed by atoms with Gasteiger partial charge in [-0.3, -0.25) is 5.10 Å². The van der Waals surface area contributed by atoms with Crippen LogP contribution in [-0.4, -0.2) is 39.5 Å². The summed E-state index contributed by atoms with van der Waals surface area (Å²) in [6, 6.07) is 7.62. The van der Waals surface area contributed by atoms with Crippen molar-refractivity contribution >= 4 is 17.7 Å². The Morgan fingerprint density at radius 3 is 2.86 bits per heavy atom. The van der Waals surface area contributed by atoms with Gasteiger partial charge in [0.05, 0.1) is 30.0 Å². The Hall–Kier alpha value is -3.12. The van der Waals surface area contributed by atoms with Crippen LogP contribution in [0.15, 0.2) is 18.2 Å². The molecule has 4 aliphatic rings. The highest BCUT2D eigenvalue weighted by Crippen LogP contribution is 2.36. The zero-order valence-electron chi connectivity index (χ0n) is 15.9. The zero-order chi connectivity index (χ0) is 19.8. The van der Waals surface area contributed by atoms with E-state index in [1.165, 1.54) is 0 Å². The number of ether oxygens (including phenoxy) is 2. The van der Waals surface area contributed by atoms with Crippen molar-refractivity contribution < 1.29 is 14.3 Å². The van der Waals surface area contributed by atoms with E-state index in [1.54, 1.807) is 12.1 Å². The third-order valence-corrected chi connectivity index (χ3v) is 5.84. The lowest BCUT2D eigenvalue weighted by atomic mass is 9.89. The summed E-state index contributed by atoms with van der Waals surface area (Å²) in [5, 5.41) is 22.8. The van der Waals surface area contributed by atoms with Crippen molar-refractivity contribution in [3.8, 4) is 6.07 Å². The number of carbonyl (C=O) groups is 1. The second-order valence-electron chi connectivity index (χ2n) is 7.96. The Morgan fingerprint density at radius 2 is 2.00 bits per heavy atom. The smallest absolute Gasteiger partial charge is 0.407 e. The maximum absolute atomic E-state index is 12.2. The number of rotatable bonds is 0. The Morgan fingerprint density at radius 1 is 1.10 bits per heavy atom. The quantitative estimate of drug-likeness (QED) is 0.627. The molecule has 29 heavy (non-hydrogen) atoms. The fraction of sp³-hybridized carbons (Fsp3) is 0.500. The van der Waals surface area contributed by atoms with Crippen molar-refractivity contribution in [2.24, 2.45) is 0 Å². The number of aromatic nitrogens is 3. The molecule has 2 aromatic rings. The first-order chi connectivity index (χ1) is 14.1. The van der Waals surface area contributed by atoms with E-state index in [1.807, 2.05) is 6.07 Å². The molecule has 0 unspecified atom stereocenters. The largest absolute Gasteiger partial charge is 0.446 e. The van der Waals surface area contributed by atoms with Gasteiger partial charge in [-0.05, 0) is 44.2 Å². The molecule has 2 atom stereocenters. The van der Waals surface area contributed by atoms with Crippen LogP contribution in [0.1, 0.15) is 55.0 Å². The Bertz CT molecular complexity index is 961. The molecule has 9 nitrogen and oxygen atoms in total. The standard InChI is InChI=1S/C20H22N6O3/c21-9-11-3-14-10-28-16-6-13(7-16)23-20(27)29-15-2-1-12(5-15)17-8-19(26-25-17)24-18(4-11)22-14/h3-4,8,12-13,15-16H,1-2,5-7,10H2,(H,23,27)(H2,22,24,25,26)/t12-,13?,15+,16?/m0/s1. The Kier molecular flexibility index (Phi) is 4.56. The van der Waals surface area contributed by atoms with Crippen molar-refractivity contribution in [2.75, 3.05) is 5.32 Å². The number of pyridine rings is 1. The summed E-state index contributed by atoms with van der Waals surface area (Å²) in [7, 11) is 0. The monoisotopic (exact) mass is 394 g/mol. The minimum atomic E-state index is -0.347. The highest BCUT2D eigenvalue weighted by molar-refractivity contribution is 5.68. The number of fused-ring (bicyclic) bond motifs is 3. The van der Waals surface area contributed by atoms with Gasteiger partial charge in [-0.25, -0.2) is 9.78 Å². The van der Waals surface area contributed by atoms with Crippen LogP contribution in [0.2, 0.25) is 0 Å². The molecular weight excluding hydrogens is 372 g/mol. The van der Waals surface area contributed by atoms with E-state index >= 15 is 0 Å². The van der Waals surface area contributed by atoms with Crippen LogP contribution < -0.4 is 10.6 Å². The number of alkyl carbamates (subject to hydrolysis) is 1. The number of amides is 1. The van der Waals surface area contributed by atoms with Crippen LogP contribution >= 0.6 is 0 Å². The summed E-state index contributed by atoms with van der Waals surface area (Å²) < 4.78 is 11.5. The molecule has 2 aliphatic carbocycles. The molecule has 2 saturated carbocycles. The van der Waals surface area contributed by atoms with Crippen LogP contribution in [-0.2, 0) is 16.1 Å². The summed E-state index contributed by atoms with van der Waals surface area (Å²) in [6.45, 7) is 0.308. The Balaban J connectivity index is 1.40. The molecule has 3 N–H and O–H groups in total. The lowest BCUT2D eigenvalue weighted by Gasteiger charge is -2.35. The van der Waals surface area contributed by atoms with Gasteiger partial charge in [0.25, 0.3) is 0 Å². The number of carbonyl (C=O) groups excluding carboxylic acids is 1. The lowest BCUT2D eigenvalue weighted by molar-refractivity contribution is -0.0283. The summed E-state index contributed by atoms with van der Waals surface area (Å²) in [5.74, 6) is 1.47. The topological polar surface area (TPSA) is 125 Å². The van der Waals surface area contributed by atoms with Crippen molar-refractivity contribution in [3.05, 3.63) is 35.2 Å². The molecule has 2 aromatic heterocycles. The number of H-pyrrole nitrogens is 1.